The van der Waals surface area contributed by atoms with Crippen LogP contribution in [0.3, 0.4) is 0 Å². The SMILES string of the molecule is Cc1cc(S(=O)(=O)CC#N)c(C)cc1Cl. The lowest BCUT2D eigenvalue weighted by molar-refractivity contribution is 0.598. The minimum atomic E-state index is -3.50. The van der Waals surface area contributed by atoms with Gasteiger partial charge >= 0.3 is 0 Å². The van der Waals surface area contributed by atoms with Gasteiger partial charge in [0.05, 0.1) is 11.0 Å². The third kappa shape index (κ3) is 2.49. The molecule has 0 heterocycles. The van der Waals surface area contributed by atoms with Gasteiger partial charge in [-0.05, 0) is 37.1 Å². The molecule has 0 saturated heterocycles. The second-order valence-corrected chi connectivity index (χ2v) is 5.65. The molecular formula is C10H10ClNO2S. The van der Waals surface area contributed by atoms with Crippen molar-refractivity contribution >= 4 is 21.4 Å². The number of hydrogen-bond acceptors (Lipinski definition) is 3. The molecule has 0 aliphatic carbocycles. The lowest BCUT2D eigenvalue weighted by Gasteiger charge is -2.07. The summed E-state index contributed by atoms with van der Waals surface area (Å²) in [6.07, 6.45) is 0. The average molecular weight is 244 g/mol. The summed E-state index contributed by atoms with van der Waals surface area (Å²) in [5.74, 6) is -0.505. The van der Waals surface area contributed by atoms with Gasteiger partial charge in [0.2, 0.25) is 0 Å². The van der Waals surface area contributed by atoms with E-state index in [0.29, 0.717) is 16.1 Å². The Hall–Kier alpha value is -1.05. The molecule has 0 aliphatic heterocycles. The van der Waals surface area contributed by atoms with Crippen molar-refractivity contribution in [1.29, 1.82) is 5.26 Å². The maximum Gasteiger partial charge on any atom is 0.191 e. The summed E-state index contributed by atoms with van der Waals surface area (Å²) in [5, 5.41) is 8.95. The van der Waals surface area contributed by atoms with Crippen molar-refractivity contribution in [2.75, 3.05) is 5.75 Å². The molecule has 0 atom stereocenters. The summed E-state index contributed by atoms with van der Waals surface area (Å²) in [6.45, 7) is 3.39. The maximum absolute atomic E-state index is 11.7. The Balaban J connectivity index is 3.41. The molecule has 1 rings (SSSR count). The van der Waals surface area contributed by atoms with Crippen LogP contribution >= 0.6 is 11.6 Å². The third-order valence-electron chi connectivity index (χ3n) is 2.05. The molecule has 0 saturated carbocycles. The smallest absolute Gasteiger partial charge is 0.191 e. The minimum absolute atomic E-state index is 0.186. The highest BCUT2D eigenvalue weighted by Gasteiger charge is 2.17. The van der Waals surface area contributed by atoms with E-state index in [1.165, 1.54) is 6.07 Å². The molecule has 1 aromatic carbocycles. The van der Waals surface area contributed by atoms with E-state index < -0.39 is 15.6 Å². The lowest BCUT2D eigenvalue weighted by Crippen LogP contribution is -2.07. The first-order valence-corrected chi connectivity index (χ1v) is 6.28. The van der Waals surface area contributed by atoms with Crippen molar-refractivity contribution in [3.05, 3.63) is 28.3 Å². The molecular weight excluding hydrogens is 234 g/mol. The van der Waals surface area contributed by atoms with Crippen LogP contribution in [0.4, 0.5) is 0 Å². The van der Waals surface area contributed by atoms with Crippen molar-refractivity contribution in [3.63, 3.8) is 0 Å². The Morgan fingerprint density at radius 3 is 2.47 bits per heavy atom. The first-order chi connectivity index (χ1) is 6.88. The normalized spacial score (nSPS) is 11.1. The topological polar surface area (TPSA) is 57.9 Å². The number of benzene rings is 1. The van der Waals surface area contributed by atoms with Crippen molar-refractivity contribution in [1.82, 2.24) is 0 Å². The fraction of sp³-hybridized carbons (Fsp3) is 0.300. The van der Waals surface area contributed by atoms with Crippen LogP contribution in [0, 0.1) is 25.2 Å². The van der Waals surface area contributed by atoms with Crippen LogP contribution in [0.25, 0.3) is 0 Å². The summed E-state index contributed by atoms with van der Waals surface area (Å²) < 4.78 is 23.3. The number of nitriles is 1. The largest absolute Gasteiger partial charge is 0.223 e. The molecule has 0 radical (unpaired) electrons. The van der Waals surface area contributed by atoms with E-state index in [1.807, 2.05) is 0 Å². The van der Waals surface area contributed by atoms with E-state index in [1.54, 1.807) is 26.0 Å². The van der Waals surface area contributed by atoms with Gasteiger partial charge in [0.1, 0.15) is 5.75 Å². The fourth-order valence-electron chi connectivity index (χ4n) is 1.25. The molecule has 0 spiro atoms. The number of sulfone groups is 1. The first-order valence-electron chi connectivity index (χ1n) is 4.25. The summed E-state index contributed by atoms with van der Waals surface area (Å²) in [6, 6.07) is 4.75. The molecule has 0 aliphatic rings. The third-order valence-corrected chi connectivity index (χ3v) is 4.07. The molecule has 0 aromatic heterocycles. The van der Waals surface area contributed by atoms with Crippen LogP contribution < -0.4 is 0 Å². The van der Waals surface area contributed by atoms with Crippen LogP contribution in [0.15, 0.2) is 17.0 Å². The quantitative estimate of drug-likeness (QED) is 0.801. The maximum atomic E-state index is 11.7. The van der Waals surface area contributed by atoms with E-state index in [9.17, 15) is 8.42 Å². The monoisotopic (exact) mass is 243 g/mol. The van der Waals surface area contributed by atoms with Crippen molar-refractivity contribution in [2.24, 2.45) is 0 Å². The van der Waals surface area contributed by atoms with E-state index in [0.717, 1.165) is 0 Å². The summed E-state index contributed by atoms with van der Waals surface area (Å²) in [4.78, 5) is 0.186. The second kappa shape index (κ2) is 4.21. The van der Waals surface area contributed by atoms with Crippen molar-refractivity contribution in [2.45, 2.75) is 18.7 Å². The van der Waals surface area contributed by atoms with Crippen LogP contribution in [-0.4, -0.2) is 14.2 Å². The van der Waals surface area contributed by atoms with E-state index in [2.05, 4.69) is 0 Å². The average Bonchev–Trinajstić information content (AvgIpc) is 2.11. The highest BCUT2D eigenvalue weighted by atomic mass is 35.5. The molecule has 3 nitrogen and oxygen atoms in total. The molecule has 0 unspecified atom stereocenters. The molecule has 15 heavy (non-hydrogen) atoms. The van der Waals surface area contributed by atoms with Gasteiger partial charge in [-0.2, -0.15) is 5.26 Å². The van der Waals surface area contributed by atoms with Gasteiger partial charge in [-0.3, -0.25) is 0 Å². The molecule has 0 bridgehead atoms. The summed E-state index contributed by atoms with van der Waals surface area (Å²) >= 11 is 5.85. The Kier molecular flexibility index (Phi) is 3.38. The zero-order chi connectivity index (χ0) is 11.6. The van der Waals surface area contributed by atoms with Crippen LogP contribution in [-0.2, 0) is 9.84 Å². The van der Waals surface area contributed by atoms with Gasteiger partial charge < -0.3 is 0 Å². The van der Waals surface area contributed by atoms with E-state index in [4.69, 9.17) is 16.9 Å². The van der Waals surface area contributed by atoms with Crippen LogP contribution in [0.1, 0.15) is 11.1 Å². The van der Waals surface area contributed by atoms with Gasteiger partial charge in [-0.1, -0.05) is 11.6 Å². The van der Waals surface area contributed by atoms with Crippen molar-refractivity contribution < 1.29 is 8.42 Å². The predicted molar refractivity (Wildman–Crippen MR) is 58.6 cm³/mol. The number of hydrogen-bond donors (Lipinski definition) is 0. The van der Waals surface area contributed by atoms with Gasteiger partial charge in [-0.15, -0.1) is 0 Å². The number of rotatable bonds is 2. The first kappa shape index (κ1) is 12.0. The van der Waals surface area contributed by atoms with Crippen LogP contribution in [0.2, 0.25) is 5.02 Å². The van der Waals surface area contributed by atoms with Gasteiger partial charge in [0.15, 0.2) is 9.84 Å². The Labute approximate surface area is 94.2 Å². The number of aryl methyl sites for hydroxylation is 2. The van der Waals surface area contributed by atoms with Crippen LogP contribution in [0.5, 0.6) is 0 Å². The Morgan fingerprint density at radius 2 is 1.93 bits per heavy atom. The Bertz CT molecular complexity index is 529. The summed E-state index contributed by atoms with van der Waals surface area (Å²) in [7, 11) is -3.50. The van der Waals surface area contributed by atoms with Gasteiger partial charge in [0.25, 0.3) is 0 Å². The molecule has 0 amide bonds. The Morgan fingerprint density at radius 1 is 1.33 bits per heavy atom. The van der Waals surface area contributed by atoms with Gasteiger partial charge in [-0.25, -0.2) is 8.42 Å². The fourth-order valence-corrected chi connectivity index (χ4v) is 2.70. The summed E-state index contributed by atoms with van der Waals surface area (Å²) in [5.41, 5.74) is 1.26. The lowest BCUT2D eigenvalue weighted by atomic mass is 10.2. The highest BCUT2D eigenvalue weighted by Crippen LogP contribution is 2.24. The predicted octanol–water partition coefficient (Wildman–Crippen LogP) is 2.25. The zero-order valence-corrected chi connectivity index (χ0v) is 9.98. The van der Waals surface area contributed by atoms with E-state index >= 15 is 0 Å². The molecule has 80 valence electrons. The second-order valence-electron chi connectivity index (χ2n) is 3.28. The molecule has 0 fully saturated rings. The molecule has 1 aromatic rings. The molecule has 0 N–H and O–H groups in total. The highest BCUT2D eigenvalue weighted by molar-refractivity contribution is 7.91. The van der Waals surface area contributed by atoms with Gasteiger partial charge in [0, 0.05) is 5.02 Å². The minimum Gasteiger partial charge on any atom is -0.223 e. The van der Waals surface area contributed by atoms with Crippen molar-refractivity contribution in [3.8, 4) is 6.07 Å². The standard InChI is InChI=1S/C10H10ClNO2S/c1-7-6-10(8(2)5-9(7)11)15(13,14)4-3-12/h5-6H,4H2,1-2H3. The molecule has 5 heteroatoms. The zero-order valence-electron chi connectivity index (χ0n) is 8.41. The number of halogens is 1. The number of nitrogens with zero attached hydrogens (tertiary/aromatic N) is 1. The van der Waals surface area contributed by atoms with E-state index in [-0.39, 0.29) is 4.90 Å².